The Kier molecular flexibility index (Phi) is 5.82. The van der Waals surface area contributed by atoms with Gasteiger partial charge in [-0.05, 0) is 53.9 Å². The first-order chi connectivity index (χ1) is 14.2. The summed E-state index contributed by atoms with van der Waals surface area (Å²) >= 11 is 5.86. The van der Waals surface area contributed by atoms with Gasteiger partial charge >= 0.3 is 0 Å². The van der Waals surface area contributed by atoms with Crippen molar-refractivity contribution in [2.75, 3.05) is 6.54 Å². The van der Waals surface area contributed by atoms with Crippen LogP contribution in [0.15, 0.2) is 79.0 Å². The average Bonchev–Trinajstić information content (AvgIpc) is 3.16. The van der Waals surface area contributed by atoms with Crippen molar-refractivity contribution in [3.63, 3.8) is 0 Å². The van der Waals surface area contributed by atoms with Crippen LogP contribution in [0.3, 0.4) is 0 Å². The van der Waals surface area contributed by atoms with Crippen LogP contribution in [0.25, 0.3) is 10.9 Å². The summed E-state index contributed by atoms with van der Waals surface area (Å²) in [6.45, 7) is 1.09. The normalized spacial score (nSPS) is 10.8. The van der Waals surface area contributed by atoms with Crippen LogP contribution in [0, 0.1) is 0 Å². The van der Waals surface area contributed by atoms with Gasteiger partial charge in [0.05, 0.1) is 0 Å². The van der Waals surface area contributed by atoms with Crippen molar-refractivity contribution in [3.8, 4) is 5.75 Å². The van der Waals surface area contributed by atoms with Crippen LogP contribution in [0.1, 0.15) is 21.5 Å². The maximum Gasteiger partial charge on any atom is 0.251 e. The van der Waals surface area contributed by atoms with Gasteiger partial charge in [0.1, 0.15) is 12.4 Å². The molecule has 4 aromatic rings. The molecule has 4 rings (SSSR count). The highest BCUT2D eigenvalue weighted by Crippen LogP contribution is 2.24. The maximum absolute atomic E-state index is 12.2. The highest BCUT2D eigenvalue weighted by Gasteiger charge is 2.08. The highest BCUT2D eigenvalue weighted by molar-refractivity contribution is 6.30. The summed E-state index contributed by atoms with van der Waals surface area (Å²) in [6.07, 6.45) is 2.73. The van der Waals surface area contributed by atoms with E-state index in [1.165, 1.54) is 0 Å². The summed E-state index contributed by atoms with van der Waals surface area (Å²) in [4.78, 5) is 15.5. The molecule has 1 heterocycles. The molecule has 1 amide bonds. The molecule has 0 aliphatic rings. The van der Waals surface area contributed by atoms with Gasteiger partial charge in [-0.3, -0.25) is 4.79 Å². The molecule has 146 valence electrons. The molecule has 0 aliphatic carbocycles. The molecule has 3 aromatic carbocycles. The third-order valence-electron chi connectivity index (χ3n) is 4.77. The molecule has 1 aromatic heterocycles. The molecule has 29 heavy (non-hydrogen) atoms. The second-order valence-electron chi connectivity index (χ2n) is 6.81. The fraction of sp³-hybridized carbons (Fsp3) is 0.125. The van der Waals surface area contributed by atoms with Crippen molar-refractivity contribution in [3.05, 3.63) is 101 Å². The summed E-state index contributed by atoms with van der Waals surface area (Å²) < 4.78 is 5.89. The molecule has 4 nitrogen and oxygen atoms in total. The standard InChI is InChI=1S/C24H21ClN2O2/c25-20-8-6-18(7-9-20)24(28)26-13-12-19-15-27-23-14-21(10-11-22(19)23)29-16-17-4-2-1-3-5-17/h1-11,14-15,27H,12-13,16H2,(H,26,28). The van der Waals surface area contributed by atoms with Gasteiger partial charge in [0.15, 0.2) is 0 Å². The lowest BCUT2D eigenvalue weighted by molar-refractivity contribution is 0.0954. The zero-order chi connectivity index (χ0) is 20.1. The smallest absolute Gasteiger partial charge is 0.251 e. The molecule has 0 atom stereocenters. The summed E-state index contributed by atoms with van der Waals surface area (Å²) in [5, 5.41) is 4.71. The molecule has 0 saturated carbocycles. The van der Waals surface area contributed by atoms with Crippen LogP contribution in [-0.4, -0.2) is 17.4 Å². The second-order valence-corrected chi connectivity index (χ2v) is 7.24. The fourth-order valence-corrected chi connectivity index (χ4v) is 3.34. The fourth-order valence-electron chi connectivity index (χ4n) is 3.22. The number of hydrogen-bond donors (Lipinski definition) is 2. The number of aromatic nitrogens is 1. The van der Waals surface area contributed by atoms with Gasteiger partial charge in [-0.2, -0.15) is 0 Å². The monoisotopic (exact) mass is 404 g/mol. The van der Waals surface area contributed by atoms with Crippen LogP contribution in [0.4, 0.5) is 0 Å². The summed E-state index contributed by atoms with van der Waals surface area (Å²) in [5.74, 6) is 0.726. The predicted molar refractivity (Wildman–Crippen MR) is 117 cm³/mol. The Morgan fingerprint density at radius 2 is 1.79 bits per heavy atom. The number of aromatic amines is 1. The van der Waals surface area contributed by atoms with Crippen LogP contribution >= 0.6 is 11.6 Å². The number of halogens is 1. The Bertz CT molecular complexity index is 1100. The predicted octanol–water partition coefficient (Wildman–Crippen LogP) is 5.37. The topological polar surface area (TPSA) is 54.1 Å². The zero-order valence-electron chi connectivity index (χ0n) is 15.8. The number of nitrogens with one attached hydrogen (secondary N) is 2. The Morgan fingerprint density at radius 1 is 1.00 bits per heavy atom. The highest BCUT2D eigenvalue weighted by atomic mass is 35.5. The number of carbonyl (C=O) groups excluding carboxylic acids is 1. The van der Waals surface area contributed by atoms with Gasteiger partial charge in [0.2, 0.25) is 0 Å². The van der Waals surface area contributed by atoms with Gasteiger partial charge in [-0.25, -0.2) is 0 Å². The third-order valence-corrected chi connectivity index (χ3v) is 5.03. The molecule has 0 unspecified atom stereocenters. The minimum atomic E-state index is -0.0990. The molecule has 0 aliphatic heterocycles. The summed E-state index contributed by atoms with van der Waals surface area (Å²) in [5.41, 5.74) is 3.92. The number of hydrogen-bond acceptors (Lipinski definition) is 2. The Balaban J connectivity index is 1.35. The number of rotatable bonds is 7. The Hall–Kier alpha value is -3.24. The van der Waals surface area contributed by atoms with Crippen LogP contribution in [0.5, 0.6) is 5.75 Å². The molecular weight excluding hydrogens is 384 g/mol. The summed E-state index contributed by atoms with van der Waals surface area (Å²) in [6, 6.07) is 23.0. The number of fused-ring (bicyclic) bond motifs is 1. The Labute approximate surface area is 174 Å². The molecule has 0 bridgehead atoms. The molecule has 0 spiro atoms. The molecule has 0 fully saturated rings. The average molecular weight is 405 g/mol. The SMILES string of the molecule is O=C(NCCc1c[nH]c2cc(OCc3ccccc3)ccc12)c1ccc(Cl)cc1. The maximum atomic E-state index is 12.2. The van der Waals surface area contributed by atoms with Gasteiger partial charge in [-0.1, -0.05) is 41.9 Å². The van der Waals surface area contributed by atoms with E-state index in [1.807, 2.05) is 48.7 Å². The molecule has 0 radical (unpaired) electrons. The zero-order valence-corrected chi connectivity index (χ0v) is 16.6. The molecule has 2 N–H and O–H groups in total. The molecular formula is C24H21ClN2O2. The first kappa shape index (κ1) is 19.1. The van der Waals surface area contributed by atoms with E-state index in [1.54, 1.807) is 24.3 Å². The van der Waals surface area contributed by atoms with Crippen molar-refractivity contribution < 1.29 is 9.53 Å². The van der Waals surface area contributed by atoms with E-state index in [0.717, 1.165) is 34.2 Å². The van der Waals surface area contributed by atoms with E-state index in [0.29, 0.717) is 23.7 Å². The number of amides is 1. The van der Waals surface area contributed by atoms with E-state index in [4.69, 9.17) is 16.3 Å². The minimum Gasteiger partial charge on any atom is -0.489 e. The van der Waals surface area contributed by atoms with Crippen molar-refractivity contribution >= 4 is 28.4 Å². The van der Waals surface area contributed by atoms with Crippen LogP contribution < -0.4 is 10.1 Å². The number of benzene rings is 3. The summed E-state index contributed by atoms with van der Waals surface area (Å²) in [7, 11) is 0. The van der Waals surface area contributed by atoms with Crippen molar-refractivity contribution in [2.24, 2.45) is 0 Å². The molecule has 0 saturated heterocycles. The third kappa shape index (κ3) is 4.79. The molecule has 5 heteroatoms. The van der Waals surface area contributed by atoms with E-state index < -0.39 is 0 Å². The first-order valence-electron chi connectivity index (χ1n) is 9.49. The van der Waals surface area contributed by atoms with Gasteiger partial charge < -0.3 is 15.0 Å². The van der Waals surface area contributed by atoms with Gasteiger partial charge in [0, 0.05) is 40.3 Å². The minimum absolute atomic E-state index is 0.0990. The van der Waals surface area contributed by atoms with E-state index >= 15 is 0 Å². The van der Waals surface area contributed by atoms with Gasteiger partial charge in [0.25, 0.3) is 5.91 Å². The second kappa shape index (κ2) is 8.84. The first-order valence-corrected chi connectivity index (χ1v) is 9.87. The Morgan fingerprint density at radius 3 is 2.59 bits per heavy atom. The number of carbonyl (C=O) groups is 1. The number of ether oxygens (including phenoxy) is 1. The number of H-pyrrole nitrogens is 1. The van der Waals surface area contributed by atoms with Crippen molar-refractivity contribution in [1.82, 2.24) is 10.3 Å². The lowest BCUT2D eigenvalue weighted by atomic mass is 10.1. The van der Waals surface area contributed by atoms with E-state index in [9.17, 15) is 4.79 Å². The van der Waals surface area contributed by atoms with Crippen LogP contribution in [-0.2, 0) is 13.0 Å². The van der Waals surface area contributed by atoms with Crippen molar-refractivity contribution in [2.45, 2.75) is 13.0 Å². The van der Waals surface area contributed by atoms with Crippen molar-refractivity contribution in [1.29, 1.82) is 0 Å². The van der Waals surface area contributed by atoms with Gasteiger partial charge in [-0.15, -0.1) is 0 Å². The van der Waals surface area contributed by atoms with E-state index in [-0.39, 0.29) is 5.91 Å². The largest absolute Gasteiger partial charge is 0.489 e. The lowest BCUT2D eigenvalue weighted by Gasteiger charge is -2.07. The van der Waals surface area contributed by atoms with Crippen LogP contribution in [0.2, 0.25) is 5.02 Å². The van der Waals surface area contributed by atoms with E-state index in [2.05, 4.69) is 16.4 Å². The lowest BCUT2D eigenvalue weighted by Crippen LogP contribution is -2.25. The quantitative estimate of drug-likeness (QED) is 0.435.